The molecule has 1 N–H and O–H groups in total. The zero-order chi connectivity index (χ0) is 19.4. The van der Waals surface area contributed by atoms with Crippen molar-refractivity contribution in [2.45, 2.75) is 13.8 Å². The predicted octanol–water partition coefficient (Wildman–Crippen LogP) is 4.73. The number of benzene rings is 2. The van der Waals surface area contributed by atoms with E-state index in [1.54, 1.807) is 62.4 Å². The molecule has 7 heteroatoms. The number of nitrogens with zero attached hydrogens (tertiary/aromatic N) is 1. The average Bonchev–Trinajstić information content (AvgIpc) is 3.04. The lowest BCUT2D eigenvalue weighted by atomic mass is 10.1. The van der Waals surface area contributed by atoms with Crippen molar-refractivity contribution in [1.29, 1.82) is 0 Å². The molecule has 0 fully saturated rings. The highest BCUT2D eigenvalue weighted by molar-refractivity contribution is 6.33. The maximum absolute atomic E-state index is 12.8. The van der Waals surface area contributed by atoms with Gasteiger partial charge < -0.3 is 14.6 Å². The van der Waals surface area contributed by atoms with Crippen molar-refractivity contribution in [2.24, 2.45) is 0 Å². The SMILES string of the molecule is CCOC(=O)c1cccc(NC(=O)c2c(-c3ccccc3Cl)noc2C)c1. The molecule has 1 aromatic heterocycles. The summed E-state index contributed by atoms with van der Waals surface area (Å²) in [5, 5.41) is 7.21. The van der Waals surface area contributed by atoms with Crippen LogP contribution in [0, 0.1) is 6.92 Å². The van der Waals surface area contributed by atoms with Gasteiger partial charge in [0.05, 0.1) is 17.2 Å². The third-order valence-electron chi connectivity index (χ3n) is 3.85. The first-order valence-electron chi connectivity index (χ1n) is 8.31. The lowest BCUT2D eigenvalue weighted by Crippen LogP contribution is -2.14. The monoisotopic (exact) mass is 384 g/mol. The fourth-order valence-corrected chi connectivity index (χ4v) is 2.83. The van der Waals surface area contributed by atoms with Crippen molar-refractivity contribution >= 4 is 29.2 Å². The van der Waals surface area contributed by atoms with Crippen molar-refractivity contribution in [3.05, 3.63) is 70.4 Å². The summed E-state index contributed by atoms with van der Waals surface area (Å²) >= 11 is 6.23. The number of hydrogen-bond donors (Lipinski definition) is 1. The number of anilines is 1. The molecule has 0 spiro atoms. The quantitative estimate of drug-likeness (QED) is 0.643. The summed E-state index contributed by atoms with van der Waals surface area (Å²) in [6.45, 7) is 3.66. The topological polar surface area (TPSA) is 81.4 Å². The van der Waals surface area contributed by atoms with E-state index >= 15 is 0 Å². The fraction of sp³-hybridized carbons (Fsp3) is 0.150. The lowest BCUT2D eigenvalue weighted by molar-refractivity contribution is 0.0526. The van der Waals surface area contributed by atoms with Crippen LogP contribution in [0.15, 0.2) is 53.1 Å². The zero-order valence-corrected chi connectivity index (χ0v) is 15.5. The van der Waals surface area contributed by atoms with Gasteiger partial charge in [0, 0.05) is 11.3 Å². The molecule has 0 saturated heterocycles. The zero-order valence-electron chi connectivity index (χ0n) is 14.8. The van der Waals surface area contributed by atoms with Gasteiger partial charge in [-0.3, -0.25) is 4.79 Å². The van der Waals surface area contributed by atoms with E-state index in [4.69, 9.17) is 20.9 Å². The maximum atomic E-state index is 12.8. The van der Waals surface area contributed by atoms with Crippen LogP contribution in [0.2, 0.25) is 5.02 Å². The molecule has 0 aliphatic rings. The standard InChI is InChI=1S/C20H17ClN2O4/c1-3-26-20(25)13-7-6-8-14(11-13)22-19(24)17-12(2)27-23-18(17)15-9-4-5-10-16(15)21/h4-11H,3H2,1-2H3,(H,22,24). The minimum Gasteiger partial charge on any atom is -0.462 e. The molecule has 138 valence electrons. The van der Waals surface area contributed by atoms with Gasteiger partial charge in [-0.2, -0.15) is 0 Å². The summed E-state index contributed by atoms with van der Waals surface area (Å²) in [6.07, 6.45) is 0. The molecule has 0 bridgehead atoms. The van der Waals surface area contributed by atoms with Gasteiger partial charge in [-0.1, -0.05) is 41.0 Å². The van der Waals surface area contributed by atoms with Gasteiger partial charge in [-0.15, -0.1) is 0 Å². The van der Waals surface area contributed by atoms with E-state index in [1.165, 1.54) is 0 Å². The Hall–Kier alpha value is -3.12. The number of aromatic nitrogens is 1. The second kappa shape index (κ2) is 8.05. The van der Waals surface area contributed by atoms with Crippen LogP contribution in [0.25, 0.3) is 11.3 Å². The van der Waals surface area contributed by atoms with Gasteiger partial charge in [0.15, 0.2) is 0 Å². The van der Waals surface area contributed by atoms with Crippen LogP contribution in [0.3, 0.4) is 0 Å². The van der Waals surface area contributed by atoms with Crippen LogP contribution >= 0.6 is 11.6 Å². The molecule has 3 aromatic rings. The third-order valence-corrected chi connectivity index (χ3v) is 4.18. The lowest BCUT2D eigenvalue weighted by Gasteiger charge is -2.08. The van der Waals surface area contributed by atoms with Crippen molar-refractivity contribution in [3.63, 3.8) is 0 Å². The second-order valence-corrected chi connectivity index (χ2v) is 6.10. The first kappa shape index (κ1) is 18.7. The van der Waals surface area contributed by atoms with Crippen LogP contribution in [-0.2, 0) is 4.74 Å². The van der Waals surface area contributed by atoms with Crippen molar-refractivity contribution in [3.8, 4) is 11.3 Å². The molecule has 0 atom stereocenters. The van der Waals surface area contributed by atoms with Crippen LogP contribution < -0.4 is 5.32 Å². The smallest absolute Gasteiger partial charge is 0.338 e. The molecule has 0 saturated carbocycles. The van der Waals surface area contributed by atoms with Crippen LogP contribution in [-0.4, -0.2) is 23.6 Å². The molecule has 0 unspecified atom stereocenters. The normalized spacial score (nSPS) is 10.5. The molecule has 27 heavy (non-hydrogen) atoms. The highest BCUT2D eigenvalue weighted by atomic mass is 35.5. The van der Waals surface area contributed by atoms with E-state index < -0.39 is 11.9 Å². The molecular weight excluding hydrogens is 368 g/mol. The molecule has 0 radical (unpaired) electrons. The molecule has 0 aliphatic heterocycles. The van der Waals surface area contributed by atoms with E-state index in [-0.39, 0.29) is 12.2 Å². The van der Waals surface area contributed by atoms with E-state index in [0.29, 0.717) is 33.3 Å². The number of carbonyl (C=O) groups excluding carboxylic acids is 2. The number of esters is 1. The highest BCUT2D eigenvalue weighted by Gasteiger charge is 2.23. The fourth-order valence-electron chi connectivity index (χ4n) is 2.61. The summed E-state index contributed by atoms with van der Waals surface area (Å²) in [6, 6.07) is 13.6. The summed E-state index contributed by atoms with van der Waals surface area (Å²) in [7, 11) is 0. The Morgan fingerprint density at radius 2 is 1.96 bits per heavy atom. The highest BCUT2D eigenvalue weighted by Crippen LogP contribution is 2.31. The average molecular weight is 385 g/mol. The van der Waals surface area contributed by atoms with E-state index in [0.717, 1.165) is 0 Å². The molecule has 6 nitrogen and oxygen atoms in total. The Morgan fingerprint density at radius 1 is 1.19 bits per heavy atom. The summed E-state index contributed by atoms with van der Waals surface area (Å²) in [5.41, 5.74) is 2.04. The second-order valence-electron chi connectivity index (χ2n) is 5.70. The Balaban J connectivity index is 1.90. The Morgan fingerprint density at radius 3 is 2.70 bits per heavy atom. The van der Waals surface area contributed by atoms with Crippen LogP contribution in [0.4, 0.5) is 5.69 Å². The molecule has 1 amide bonds. The minimum absolute atomic E-state index is 0.274. The number of hydrogen-bond acceptors (Lipinski definition) is 5. The summed E-state index contributed by atoms with van der Waals surface area (Å²) in [4.78, 5) is 24.7. The van der Waals surface area contributed by atoms with E-state index in [1.807, 2.05) is 0 Å². The molecule has 3 rings (SSSR count). The number of ether oxygens (including phenoxy) is 1. The number of aryl methyl sites for hydroxylation is 1. The number of amides is 1. The van der Waals surface area contributed by atoms with Gasteiger partial charge in [0.1, 0.15) is 17.0 Å². The number of rotatable bonds is 5. The third kappa shape index (κ3) is 4.01. The van der Waals surface area contributed by atoms with Gasteiger partial charge in [0.2, 0.25) is 0 Å². The van der Waals surface area contributed by atoms with E-state index in [9.17, 15) is 9.59 Å². The minimum atomic E-state index is -0.452. The van der Waals surface area contributed by atoms with Gasteiger partial charge in [-0.25, -0.2) is 4.79 Å². The summed E-state index contributed by atoms with van der Waals surface area (Å²) < 4.78 is 10.2. The Kier molecular flexibility index (Phi) is 5.57. The molecule has 1 heterocycles. The Bertz CT molecular complexity index is 997. The molecular formula is C20H17ClN2O4. The van der Waals surface area contributed by atoms with Crippen molar-refractivity contribution in [2.75, 3.05) is 11.9 Å². The number of halogens is 1. The van der Waals surface area contributed by atoms with Crippen molar-refractivity contribution < 1.29 is 18.8 Å². The first-order chi connectivity index (χ1) is 13.0. The van der Waals surface area contributed by atoms with Crippen LogP contribution in [0.5, 0.6) is 0 Å². The predicted molar refractivity (Wildman–Crippen MR) is 102 cm³/mol. The van der Waals surface area contributed by atoms with Crippen LogP contribution in [0.1, 0.15) is 33.4 Å². The first-order valence-corrected chi connectivity index (χ1v) is 8.68. The van der Waals surface area contributed by atoms with E-state index in [2.05, 4.69) is 10.5 Å². The Labute approximate surface area is 161 Å². The number of carbonyl (C=O) groups is 2. The van der Waals surface area contributed by atoms with Gasteiger partial charge >= 0.3 is 5.97 Å². The molecule has 0 aliphatic carbocycles. The summed E-state index contributed by atoms with van der Waals surface area (Å²) in [5.74, 6) is -0.500. The van der Waals surface area contributed by atoms with Gasteiger partial charge in [-0.05, 0) is 38.1 Å². The molecule has 2 aromatic carbocycles. The van der Waals surface area contributed by atoms with Crippen molar-refractivity contribution in [1.82, 2.24) is 5.16 Å². The van der Waals surface area contributed by atoms with Gasteiger partial charge in [0.25, 0.3) is 5.91 Å². The largest absolute Gasteiger partial charge is 0.462 e. The number of nitrogens with one attached hydrogen (secondary N) is 1. The maximum Gasteiger partial charge on any atom is 0.338 e.